The van der Waals surface area contributed by atoms with E-state index in [0.29, 0.717) is 31.3 Å². The minimum atomic E-state index is -0.741. The molecule has 0 unspecified atom stereocenters. The second-order valence-electron chi connectivity index (χ2n) is 12.8. The summed E-state index contributed by atoms with van der Waals surface area (Å²) in [6.07, 6.45) is 2.08. The van der Waals surface area contributed by atoms with E-state index in [0.717, 1.165) is 0 Å². The van der Waals surface area contributed by atoms with Gasteiger partial charge >= 0.3 is 0 Å². The topological polar surface area (TPSA) is 109 Å². The Bertz CT molecular complexity index is 828. The molecule has 0 saturated carbocycles. The minimum absolute atomic E-state index is 0.0289. The van der Waals surface area contributed by atoms with Crippen molar-refractivity contribution in [2.45, 2.75) is 120 Å². The van der Waals surface area contributed by atoms with Crippen LogP contribution >= 0.6 is 0 Å². The van der Waals surface area contributed by atoms with E-state index >= 15 is 0 Å². The van der Waals surface area contributed by atoms with Gasteiger partial charge in [-0.1, -0.05) is 62.0 Å². The largest absolute Gasteiger partial charge is 0.346 e. The van der Waals surface area contributed by atoms with Crippen LogP contribution in [-0.2, 0) is 24.0 Å². The average Bonchev–Trinajstić information content (AvgIpc) is 2.74. The van der Waals surface area contributed by atoms with Crippen LogP contribution in [0.5, 0.6) is 0 Å². The van der Waals surface area contributed by atoms with Crippen LogP contribution < -0.4 is 10.6 Å². The molecule has 0 aliphatic rings. The molecule has 0 aromatic rings. The zero-order valence-electron chi connectivity index (χ0n) is 25.6. The van der Waals surface area contributed by atoms with Gasteiger partial charge in [0.1, 0.15) is 5.78 Å². The molecule has 4 atom stereocenters. The molecule has 2 N–H and O–H groups in total. The maximum Gasteiger partial charge on any atom is 0.224 e. The third kappa shape index (κ3) is 14.6. The molecule has 0 aliphatic carbocycles. The lowest BCUT2D eigenvalue weighted by molar-refractivity contribution is -0.135. The summed E-state index contributed by atoms with van der Waals surface area (Å²) in [5.41, 5.74) is 0.383. The number of nitrogens with one attached hydrogen (secondary N) is 2. The highest BCUT2D eigenvalue weighted by Gasteiger charge is 2.32. The normalized spacial score (nSPS) is 14.8. The zero-order chi connectivity index (χ0) is 29.7. The smallest absolute Gasteiger partial charge is 0.224 e. The number of amides is 2. The standard InChI is InChI=1S/C31H54N2O5/c1-18(2)12-24(16-23(11)34)30(37)32-26(14-20(5)6)28(35)17-25(13-19(3)4)31(38)33-27(15-21(7)8)29(36)22(9)10/h18-21,24-27H,9,12-17H2,1-8,10-11H3,(H,32,37)(H,33,38)/t24-,25-,26+,27+/m1/s1. The van der Waals surface area contributed by atoms with E-state index < -0.39 is 23.9 Å². The molecule has 0 aliphatic heterocycles. The van der Waals surface area contributed by atoms with E-state index in [2.05, 4.69) is 17.2 Å². The van der Waals surface area contributed by atoms with Crippen molar-refractivity contribution in [2.24, 2.45) is 35.5 Å². The molecule has 38 heavy (non-hydrogen) atoms. The molecular weight excluding hydrogens is 480 g/mol. The van der Waals surface area contributed by atoms with Gasteiger partial charge in [-0.25, -0.2) is 0 Å². The van der Waals surface area contributed by atoms with Crippen molar-refractivity contribution in [3.8, 4) is 0 Å². The van der Waals surface area contributed by atoms with Gasteiger partial charge in [0.05, 0.1) is 12.1 Å². The van der Waals surface area contributed by atoms with Crippen molar-refractivity contribution in [1.82, 2.24) is 10.6 Å². The lowest BCUT2D eigenvalue weighted by Crippen LogP contribution is -2.48. The third-order valence-corrected chi connectivity index (χ3v) is 6.41. The third-order valence-electron chi connectivity index (χ3n) is 6.41. The number of ketones is 3. The van der Waals surface area contributed by atoms with E-state index in [1.165, 1.54) is 6.92 Å². The Morgan fingerprint density at radius 1 is 0.579 bits per heavy atom. The summed E-state index contributed by atoms with van der Waals surface area (Å²) in [6, 6.07) is -1.42. The van der Waals surface area contributed by atoms with Crippen molar-refractivity contribution in [3.05, 3.63) is 12.2 Å². The number of carbonyl (C=O) groups is 5. The summed E-state index contributed by atoms with van der Waals surface area (Å²) < 4.78 is 0. The highest BCUT2D eigenvalue weighted by atomic mass is 16.2. The van der Waals surface area contributed by atoms with Crippen molar-refractivity contribution < 1.29 is 24.0 Å². The molecule has 0 spiro atoms. The van der Waals surface area contributed by atoms with Gasteiger partial charge in [-0.05, 0) is 68.8 Å². The summed E-state index contributed by atoms with van der Waals surface area (Å²) in [4.78, 5) is 64.6. The molecule has 0 radical (unpaired) electrons. The Morgan fingerprint density at radius 2 is 0.947 bits per heavy atom. The van der Waals surface area contributed by atoms with Crippen LogP contribution in [0.4, 0.5) is 0 Å². The van der Waals surface area contributed by atoms with E-state index in [4.69, 9.17) is 0 Å². The fraction of sp³-hybridized carbons (Fsp3) is 0.774. The summed E-state index contributed by atoms with van der Waals surface area (Å²) in [6.45, 7) is 22.7. The van der Waals surface area contributed by atoms with E-state index in [1.807, 2.05) is 55.4 Å². The summed E-state index contributed by atoms with van der Waals surface area (Å²) in [7, 11) is 0. The molecule has 0 aromatic carbocycles. The van der Waals surface area contributed by atoms with Gasteiger partial charge in [-0.15, -0.1) is 0 Å². The van der Waals surface area contributed by atoms with Gasteiger partial charge < -0.3 is 15.4 Å². The number of hydrogen-bond donors (Lipinski definition) is 2. The predicted octanol–water partition coefficient (Wildman–Crippen LogP) is 5.46. The van der Waals surface area contributed by atoms with E-state index in [9.17, 15) is 24.0 Å². The number of hydrogen-bond acceptors (Lipinski definition) is 5. The van der Waals surface area contributed by atoms with Crippen LogP contribution in [0.25, 0.3) is 0 Å². The number of rotatable bonds is 19. The minimum Gasteiger partial charge on any atom is -0.346 e. The van der Waals surface area contributed by atoms with E-state index in [-0.39, 0.29) is 65.7 Å². The fourth-order valence-corrected chi connectivity index (χ4v) is 4.76. The van der Waals surface area contributed by atoms with Crippen molar-refractivity contribution in [1.29, 1.82) is 0 Å². The monoisotopic (exact) mass is 534 g/mol. The first kappa shape index (κ1) is 35.7. The van der Waals surface area contributed by atoms with Gasteiger partial charge in [0, 0.05) is 24.7 Å². The SMILES string of the molecule is C=C(C)C(=O)[C@H](CC(C)C)NC(=O)[C@@H](CC(=O)[C@H](CC(C)C)NC(=O)[C@@H](CC(C)=O)CC(C)C)CC(C)C. The van der Waals surface area contributed by atoms with Gasteiger partial charge in [0.2, 0.25) is 11.8 Å². The average molecular weight is 535 g/mol. The van der Waals surface area contributed by atoms with E-state index in [1.54, 1.807) is 6.92 Å². The van der Waals surface area contributed by atoms with Crippen LogP contribution in [0.3, 0.4) is 0 Å². The van der Waals surface area contributed by atoms with Crippen LogP contribution in [0.2, 0.25) is 0 Å². The molecule has 0 bridgehead atoms. The lowest BCUT2D eigenvalue weighted by atomic mass is 9.86. The Morgan fingerprint density at radius 3 is 1.32 bits per heavy atom. The van der Waals surface area contributed by atoms with Crippen LogP contribution in [0, 0.1) is 35.5 Å². The summed E-state index contributed by atoms with van der Waals surface area (Å²) >= 11 is 0. The van der Waals surface area contributed by atoms with Crippen molar-refractivity contribution in [2.75, 3.05) is 0 Å². The first-order chi connectivity index (χ1) is 17.4. The first-order valence-corrected chi connectivity index (χ1v) is 14.3. The molecule has 2 amide bonds. The van der Waals surface area contributed by atoms with Gasteiger partial charge in [-0.2, -0.15) is 0 Å². The van der Waals surface area contributed by atoms with Crippen molar-refractivity contribution in [3.63, 3.8) is 0 Å². The highest BCUT2D eigenvalue weighted by molar-refractivity contribution is 6.01. The summed E-state index contributed by atoms with van der Waals surface area (Å²) in [5.74, 6) is -1.48. The summed E-state index contributed by atoms with van der Waals surface area (Å²) in [5, 5.41) is 5.81. The molecule has 218 valence electrons. The molecule has 7 heteroatoms. The molecule has 0 saturated heterocycles. The van der Waals surface area contributed by atoms with Gasteiger partial charge in [0.15, 0.2) is 11.6 Å². The predicted molar refractivity (Wildman–Crippen MR) is 153 cm³/mol. The number of carbonyl (C=O) groups excluding carboxylic acids is 5. The Kier molecular flexibility index (Phi) is 16.3. The van der Waals surface area contributed by atoms with Crippen molar-refractivity contribution >= 4 is 29.2 Å². The first-order valence-electron chi connectivity index (χ1n) is 14.3. The molecular formula is C31H54N2O5. The molecule has 0 fully saturated rings. The zero-order valence-corrected chi connectivity index (χ0v) is 25.6. The maximum absolute atomic E-state index is 13.5. The highest BCUT2D eigenvalue weighted by Crippen LogP contribution is 2.22. The lowest BCUT2D eigenvalue weighted by Gasteiger charge is -2.27. The maximum atomic E-state index is 13.5. The second-order valence-corrected chi connectivity index (χ2v) is 12.8. The molecule has 7 nitrogen and oxygen atoms in total. The molecule has 0 aromatic heterocycles. The molecule has 0 rings (SSSR count). The van der Waals surface area contributed by atoms with Gasteiger partial charge in [0.25, 0.3) is 0 Å². The Balaban J connectivity index is 5.85. The van der Waals surface area contributed by atoms with Crippen LogP contribution in [0.15, 0.2) is 12.2 Å². The number of Topliss-reactive ketones (excluding diaryl/α,β-unsaturated/α-hetero) is 3. The van der Waals surface area contributed by atoms with Gasteiger partial charge in [-0.3, -0.25) is 19.2 Å². The van der Waals surface area contributed by atoms with Crippen LogP contribution in [0.1, 0.15) is 108 Å². The molecule has 0 heterocycles. The fourth-order valence-electron chi connectivity index (χ4n) is 4.76. The quantitative estimate of drug-likeness (QED) is 0.214. The Hall–Kier alpha value is -2.31. The van der Waals surface area contributed by atoms with Crippen LogP contribution in [-0.4, -0.2) is 41.2 Å². The second kappa shape index (κ2) is 17.3. The Labute approximate surface area is 231 Å².